The van der Waals surface area contributed by atoms with Gasteiger partial charge in [-0.3, -0.25) is 0 Å². The Morgan fingerprint density at radius 1 is 1.40 bits per heavy atom. The van der Waals surface area contributed by atoms with Crippen molar-refractivity contribution in [3.63, 3.8) is 0 Å². The van der Waals surface area contributed by atoms with Crippen LogP contribution in [-0.4, -0.2) is 9.97 Å². The van der Waals surface area contributed by atoms with Crippen molar-refractivity contribution < 1.29 is 17.1 Å². The largest absolute Gasteiger partial charge is 2.00 e. The molecule has 85 valence electrons. The summed E-state index contributed by atoms with van der Waals surface area (Å²) in [5.41, 5.74) is 2.01. The third-order valence-corrected chi connectivity index (χ3v) is 1.87. The van der Waals surface area contributed by atoms with Crippen molar-refractivity contribution in [3.8, 4) is 0 Å². The van der Waals surface area contributed by atoms with E-state index in [-0.39, 0.29) is 17.1 Å². The first kappa shape index (κ1) is 14.2. The maximum atomic E-state index is 3.94. The van der Waals surface area contributed by atoms with Gasteiger partial charge in [-0.25, -0.2) is 0 Å². The van der Waals surface area contributed by atoms with E-state index in [0.717, 1.165) is 17.5 Å². The van der Waals surface area contributed by atoms with E-state index in [1.807, 2.05) is 24.3 Å². The Kier molecular flexibility index (Phi) is 8.06. The van der Waals surface area contributed by atoms with Gasteiger partial charge in [-0.05, 0) is 6.33 Å². The molecule has 3 heteroatoms. The topological polar surface area (TPSA) is 28.7 Å². The number of hydrogen-bond donors (Lipinski definition) is 1. The van der Waals surface area contributed by atoms with Crippen LogP contribution in [0.3, 0.4) is 0 Å². The summed E-state index contributed by atoms with van der Waals surface area (Å²) in [7, 11) is 0. The number of unbranched alkanes of at least 4 members (excludes halogenated alkanes) is 2. The second-order valence-electron chi connectivity index (χ2n) is 3.07. The zero-order chi connectivity index (χ0) is 10.2. The number of aromatic nitrogens is 2. The third kappa shape index (κ3) is 5.01. The summed E-state index contributed by atoms with van der Waals surface area (Å²) >= 11 is 0. The number of hydrogen-bond acceptors (Lipinski definition) is 1. The molecule has 0 saturated carbocycles. The molecule has 1 aromatic heterocycles. The molecule has 1 N–H and O–H groups in total. The monoisotopic (exact) mass is 251 g/mol. The molecule has 15 heavy (non-hydrogen) atoms. The van der Waals surface area contributed by atoms with Crippen LogP contribution in [0, 0.1) is 13.3 Å². The number of rotatable bonds is 2. The molecular formula is C12H16CuN2. The van der Waals surface area contributed by atoms with E-state index in [4.69, 9.17) is 0 Å². The van der Waals surface area contributed by atoms with Crippen molar-refractivity contribution >= 4 is 11.0 Å². The summed E-state index contributed by atoms with van der Waals surface area (Å²) in [4.78, 5) is 6.82. The van der Waals surface area contributed by atoms with E-state index in [1.54, 1.807) is 0 Å². The molecule has 0 amide bonds. The van der Waals surface area contributed by atoms with Gasteiger partial charge < -0.3 is 16.9 Å². The van der Waals surface area contributed by atoms with Crippen molar-refractivity contribution in [1.82, 2.24) is 9.97 Å². The van der Waals surface area contributed by atoms with Gasteiger partial charge in [0.05, 0.1) is 0 Å². The molecule has 0 atom stereocenters. The SMILES string of the molecule is [CH2-]CCCC.[Cu+2].[c-]1nc2ccccc2[nH]1. The van der Waals surface area contributed by atoms with E-state index in [0.29, 0.717) is 0 Å². The van der Waals surface area contributed by atoms with Gasteiger partial charge in [0.1, 0.15) is 0 Å². The number of para-hydroxylation sites is 2. The molecule has 2 rings (SSSR count). The Balaban J connectivity index is 0.000000289. The second-order valence-corrected chi connectivity index (χ2v) is 3.07. The van der Waals surface area contributed by atoms with Crippen LogP contribution in [0.25, 0.3) is 11.0 Å². The van der Waals surface area contributed by atoms with Crippen LogP contribution in [0.4, 0.5) is 0 Å². The Bertz CT molecular complexity index is 325. The molecule has 0 saturated heterocycles. The average Bonchev–Trinajstić information content (AvgIpc) is 2.67. The molecule has 2 aromatic rings. The van der Waals surface area contributed by atoms with Crippen molar-refractivity contribution in [2.45, 2.75) is 26.2 Å². The number of benzene rings is 1. The first-order valence-corrected chi connectivity index (χ1v) is 4.98. The minimum atomic E-state index is 0. The van der Waals surface area contributed by atoms with Gasteiger partial charge in [-0.2, -0.15) is 6.42 Å². The van der Waals surface area contributed by atoms with Gasteiger partial charge in [-0.15, -0.1) is 12.1 Å². The van der Waals surface area contributed by atoms with Gasteiger partial charge in [0.2, 0.25) is 0 Å². The van der Waals surface area contributed by atoms with Gasteiger partial charge >= 0.3 is 17.1 Å². The Morgan fingerprint density at radius 3 is 2.67 bits per heavy atom. The van der Waals surface area contributed by atoms with E-state index in [1.165, 1.54) is 12.8 Å². The van der Waals surface area contributed by atoms with Crippen LogP contribution in [0.1, 0.15) is 26.2 Å². The molecule has 0 aliphatic rings. The summed E-state index contributed by atoms with van der Waals surface area (Å²) in [5, 5.41) is 0. The fourth-order valence-corrected chi connectivity index (χ4v) is 1.08. The van der Waals surface area contributed by atoms with Crippen LogP contribution in [-0.2, 0) is 17.1 Å². The molecule has 0 fully saturated rings. The number of nitrogens with one attached hydrogen (secondary N) is 1. The predicted octanol–water partition coefficient (Wildman–Crippen LogP) is 3.37. The molecule has 2 nitrogen and oxygen atoms in total. The standard InChI is InChI=1S/C7H5N2.C5H11.Cu/c1-2-4-7-6(3-1)8-5-9-7;1-3-5-4-2;/h1-4H,(H,8,9);1,3-5H2,2H3;/q2*-1;+2. The quantitative estimate of drug-likeness (QED) is 0.644. The van der Waals surface area contributed by atoms with Crippen LogP contribution in [0.15, 0.2) is 24.3 Å². The molecule has 0 aliphatic heterocycles. The molecule has 0 unspecified atom stereocenters. The minimum absolute atomic E-state index is 0. The van der Waals surface area contributed by atoms with Gasteiger partial charge in [0.25, 0.3) is 0 Å². The molecule has 0 aliphatic carbocycles. The number of nitrogens with zero attached hydrogens (tertiary/aromatic N) is 1. The average molecular weight is 252 g/mol. The van der Waals surface area contributed by atoms with Crippen LogP contribution in [0.2, 0.25) is 0 Å². The van der Waals surface area contributed by atoms with Gasteiger partial charge in [0, 0.05) is 0 Å². The maximum absolute atomic E-state index is 3.94. The zero-order valence-corrected chi connectivity index (χ0v) is 9.83. The van der Waals surface area contributed by atoms with E-state index >= 15 is 0 Å². The van der Waals surface area contributed by atoms with Crippen molar-refractivity contribution in [1.29, 1.82) is 0 Å². The molecular weight excluding hydrogens is 236 g/mol. The number of fused-ring (bicyclic) bond motifs is 1. The van der Waals surface area contributed by atoms with Gasteiger partial charge in [0.15, 0.2) is 0 Å². The maximum Gasteiger partial charge on any atom is 2.00 e. The predicted molar refractivity (Wildman–Crippen MR) is 59.8 cm³/mol. The van der Waals surface area contributed by atoms with Crippen molar-refractivity contribution in [2.75, 3.05) is 0 Å². The third-order valence-electron chi connectivity index (χ3n) is 1.87. The number of imidazole rings is 1. The summed E-state index contributed by atoms with van der Waals surface area (Å²) < 4.78 is 0. The second kappa shape index (κ2) is 8.51. The smallest absolute Gasteiger partial charge is 0.461 e. The number of aromatic amines is 1. The first-order valence-electron chi connectivity index (χ1n) is 4.98. The Hall–Kier alpha value is -0.791. The Labute approximate surface area is 102 Å². The first-order chi connectivity index (χ1) is 6.88. The summed E-state index contributed by atoms with van der Waals surface area (Å²) in [6.45, 7) is 5.85. The fraction of sp³-hybridized carbons (Fsp3) is 0.333. The summed E-state index contributed by atoms with van der Waals surface area (Å²) in [5.74, 6) is 0. The normalized spacial score (nSPS) is 8.93. The van der Waals surface area contributed by atoms with Crippen LogP contribution < -0.4 is 0 Å². The zero-order valence-electron chi connectivity index (χ0n) is 8.89. The van der Waals surface area contributed by atoms with E-state index in [9.17, 15) is 0 Å². The van der Waals surface area contributed by atoms with E-state index < -0.39 is 0 Å². The Morgan fingerprint density at radius 2 is 2.13 bits per heavy atom. The van der Waals surface area contributed by atoms with E-state index in [2.05, 4.69) is 30.1 Å². The minimum Gasteiger partial charge on any atom is -0.461 e. The molecule has 1 heterocycles. The summed E-state index contributed by atoms with van der Waals surface area (Å²) in [6, 6.07) is 7.84. The van der Waals surface area contributed by atoms with Crippen LogP contribution >= 0.6 is 0 Å². The molecule has 0 spiro atoms. The van der Waals surface area contributed by atoms with Crippen molar-refractivity contribution in [2.24, 2.45) is 0 Å². The molecule has 1 radical (unpaired) electrons. The molecule has 0 bridgehead atoms. The van der Waals surface area contributed by atoms with Gasteiger partial charge in [-0.1, -0.05) is 42.9 Å². The molecule has 1 aromatic carbocycles. The summed E-state index contributed by atoms with van der Waals surface area (Å²) in [6.07, 6.45) is 6.32. The van der Waals surface area contributed by atoms with Crippen LogP contribution in [0.5, 0.6) is 0 Å². The van der Waals surface area contributed by atoms with Crippen molar-refractivity contribution in [3.05, 3.63) is 37.5 Å². The number of H-pyrrole nitrogens is 1. The fourth-order valence-electron chi connectivity index (χ4n) is 1.08.